The van der Waals surface area contributed by atoms with Crippen LogP contribution >= 0.6 is 0 Å². The van der Waals surface area contributed by atoms with Crippen LogP contribution < -0.4 is 0 Å². The van der Waals surface area contributed by atoms with Crippen molar-refractivity contribution in [2.24, 2.45) is 0 Å². The molecule has 1 heterocycles. The van der Waals surface area contributed by atoms with Crippen LogP contribution in [0.3, 0.4) is 0 Å². The Kier molecular flexibility index (Phi) is 5.37. The first kappa shape index (κ1) is 16.4. The number of aliphatic hydroxyl groups excluding tert-OH is 1. The predicted octanol–water partition coefficient (Wildman–Crippen LogP) is 1.68. The number of aryl methyl sites for hydroxylation is 1. The Morgan fingerprint density at radius 3 is 2.76 bits per heavy atom. The molecule has 1 aliphatic rings. The van der Waals surface area contributed by atoms with Gasteiger partial charge >= 0.3 is 0 Å². The Bertz CT molecular complexity index is 579. The topological polar surface area (TPSA) is 66.8 Å². The molecule has 5 nitrogen and oxygen atoms in total. The summed E-state index contributed by atoms with van der Waals surface area (Å²) < 4.78 is 32.3. The fourth-order valence-electron chi connectivity index (χ4n) is 2.52. The minimum Gasteiger partial charge on any atom is -0.392 e. The smallest absolute Gasteiger partial charge is 0.243 e. The zero-order valence-electron chi connectivity index (χ0n) is 12.6. The molecule has 0 radical (unpaired) electrons. The molecule has 21 heavy (non-hydrogen) atoms. The van der Waals surface area contributed by atoms with E-state index in [1.807, 2.05) is 0 Å². The van der Waals surface area contributed by atoms with Crippen molar-refractivity contribution < 1.29 is 18.3 Å². The van der Waals surface area contributed by atoms with Crippen LogP contribution in [0.4, 0.5) is 0 Å². The highest BCUT2D eigenvalue weighted by Crippen LogP contribution is 2.22. The minimum absolute atomic E-state index is 0.0279. The number of hydrogen-bond donors (Lipinski definition) is 1. The van der Waals surface area contributed by atoms with Crippen LogP contribution in [0.1, 0.15) is 30.4 Å². The maximum Gasteiger partial charge on any atom is 0.243 e. The lowest BCUT2D eigenvalue weighted by molar-refractivity contribution is 0.00858. The number of sulfonamides is 1. The van der Waals surface area contributed by atoms with Crippen LogP contribution in [0, 0.1) is 6.92 Å². The monoisotopic (exact) mass is 313 g/mol. The normalized spacial score (nSPS) is 19.9. The summed E-state index contributed by atoms with van der Waals surface area (Å²) >= 11 is 0. The molecule has 0 spiro atoms. The van der Waals surface area contributed by atoms with E-state index in [0.29, 0.717) is 24.3 Å². The molecule has 2 rings (SSSR count). The third kappa shape index (κ3) is 3.83. The zero-order chi connectivity index (χ0) is 15.5. The Hall–Kier alpha value is -0.950. The summed E-state index contributed by atoms with van der Waals surface area (Å²) in [5, 5.41) is 9.19. The third-order valence-electron chi connectivity index (χ3n) is 3.86. The Labute approximate surface area is 126 Å². The molecule has 1 atom stereocenters. The standard InChI is InChI=1S/C15H23NO4S/c1-12-6-7-13(11-17)9-15(12)21(18,19)16(2)10-14-5-3-4-8-20-14/h6-7,9,14,17H,3-5,8,10-11H2,1-2H3. The van der Waals surface area contributed by atoms with E-state index in [1.54, 1.807) is 32.2 Å². The van der Waals surface area contributed by atoms with E-state index in [2.05, 4.69) is 0 Å². The van der Waals surface area contributed by atoms with Gasteiger partial charge in [0.05, 0.1) is 17.6 Å². The number of likely N-dealkylation sites (N-methyl/N-ethyl adjacent to an activating group) is 1. The van der Waals surface area contributed by atoms with Gasteiger partial charge in [0.2, 0.25) is 10.0 Å². The van der Waals surface area contributed by atoms with Crippen LogP contribution in [0.5, 0.6) is 0 Å². The van der Waals surface area contributed by atoms with E-state index in [4.69, 9.17) is 4.74 Å². The Balaban J connectivity index is 2.20. The SMILES string of the molecule is Cc1ccc(CO)cc1S(=O)(=O)N(C)CC1CCCCO1. The third-order valence-corrected chi connectivity index (χ3v) is 5.82. The van der Waals surface area contributed by atoms with E-state index in [1.165, 1.54) is 4.31 Å². The van der Waals surface area contributed by atoms with E-state index in [9.17, 15) is 13.5 Å². The average molecular weight is 313 g/mol. The van der Waals surface area contributed by atoms with Gasteiger partial charge in [0.1, 0.15) is 0 Å². The second-order valence-corrected chi connectivity index (χ2v) is 7.55. The first-order chi connectivity index (χ1) is 9.95. The highest BCUT2D eigenvalue weighted by Gasteiger charge is 2.26. The first-order valence-electron chi connectivity index (χ1n) is 7.23. The number of aliphatic hydroxyl groups is 1. The number of nitrogens with zero attached hydrogens (tertiary/aromatic N) is 1. The molecular formula is C15H23NO4S. The van der Waals surface area contributed by atoms with Crippen LogP contribution in [0.2, 0.25) is 0 Å². The second-order valence-electron chi connectivity index (χ2n) is 5.53. The van der Waals surface area contributed by atoms with E-state index in [0.717, 1.165) is 19.3 Å². The molecule has 118 valence electrons. The predicted molar refractivity (Wildman–Crippen MR) is 80.5 cm³/mol. The molecule has 1 aromatic carbocycles. The molecule has 0 saturated carbocycles. The summed E-state index contributed by atoms with van der Waals surface area (Å²) in [4.78, 5) is 0.257. The van der Waals surface area contributed by atoms with Crippen molar-refractivity contribution in [2.75, 3.05) is 20.2 Å². The highest BCUT2D eigenvalue weighted by atomic mass is 32.2. The lowest BCUT2D eigenvalue weighted by Crippen LogP contribution is -2.37. The summed E-state index contributed by atoms with van der Waals surface area (Å²) in [6.07, 6.45) is 3.00. The highest BCUT2D eigenvalue weighted by molar-refractivity contribution is 7.89. The number of benzene rings is 1. The quantitative estimate of drug-likeness (QED) is 0.898. The van der Waals surface area contributed by atoms with Crippen LogP contribution in [0.15, 0.2) is 23.1 Å². The van der Waals surface area contributed by atoms with Crippen LogP contribution in [-0.4, -0.2) is 44.1 Å². The molecule has 1 unspecified atom stereocenters. The maximum absolute atomic E-state index is 12.7. The zero-order valence-corrected chi connectivity index (χ0v) is 13.4. The molecule has 1 N–H and O–H groups in total. The molecule has 0 aromatic heterocycles. The van der Waals surface area contributed by atoms with Crippen LogP contribution in [0.25, 0.3) is 0 Å². The van der Waals surface area contributed by atoms with Gasteiger partial charge in [0.15, 0.2) is 0 Å². The Morgan fingerprint density at radius 1 is 1.38 bits per heavy atom. The minimum atomic E-state index is -3.56. The molecular weight excluding hydrogens is 290 g/mol. The van der Waals surface area contributed by atoms with Gasteiger partial charge in [-0.3, -0.25) is 0 Å². The van der Waals surface area contributed by atoms with Gasteiger partial charge in [-0.15, -0.1) is 0 Å². The largest absolute Gasteiger partial charge is 0.392 e. The van der Waals surface area contributed by atoms with Gasteiger partial charge in [-0.2, -0.15) is 4.31 Å². The molecule has 1 aromatic rings. The first-order valence-corrected chi connectivity index (χ1v) is 8.67. The molecule has 6 heteroatoms. The summed E-state index contributed by atoms with van der Waals surface area (Å²) in [5.74, 6) is 0. The van der Waals surface area contributed by atoms with Crippen molar-refractivity contribution in [3.63, 3.8) is 0 Å². The summed E-state index contributed by atoms with van der Waals surface area (Å²) in [6, 6.07) is 5.00. The average Bonchev–Trinajstić information content (AvgIpc) is 2.48. The number of rotatable bonds is 5. The van der Waals surface area contributed by atoms with Crippen molar-refractivity contribution in [3.05, 3.63) is 29.3 Å². The van der Waals surface area contributed by atoms with Crippen molar-refractivity contribution in [2.45, 2.75) is 43.8 Å². The fraction of sp³-hybridized carbons (Fsp3) is 0.600. The van der Waals surface area contributed by atoms with E-state index in [-0.39, 0.29) is 17.6 Å². The van der Waals surface area contributed by atoms with Crippen molar-refractivity contribution >= 4 is 10.0 Å². The van der Waals surface area contributed by atoms with Gasteiger partial charge in [0, 0.05) is 20.2 Å². The second kappa shape index (κ2) is 6.87. The molecule has 1 fully saturated rings. The maximum atomic E-state index is 12.7. The van der Waals surface area contributed by atoms with Crippen molar-refractivity contribution in [1.29, 1.82) is 0 Å². The van der Waals surface area contributed by atoms with E-state index >= 15 is 0 Å². The number of ether oxygens (including phenoxy) is 1. The fourth-order valence-corrected chi connectivity index (χ4v) is 4.00. The van der Waals surface area contributed by atoms with E-state index < -0.39 is 10.0 Å². The van der Waals surface area contributed by atoms with Gasteiger partial charge < -0.3 is 9.84 Å². The molecule has 1 saturated heterocycles. The Morgan fingerprint density at radius 2 is 2.14 bits per heavy atom. The van der Waals surface area contributed by atoms with Gasteiger partial charge in [-0.05, 0) is 43.4 Å². The molecule has 0 amide bonds. The van der Waals surface area contributed by atoms with Crippen molar-refractivity contribution in [1.82, 2.24) is 4.31 Å². The van der Waals surface area contributed by atoms with Gasteiger partial charge in [-0.25, -0.2) is 8.42 Å². The van der Waals surface area contributed by atoms with Crippen molar-refractivity contribution in [3.8, 4) is 0 Å². The molecule has 0 aliphatic carbocycles. The summed E-state index contributed by atoms with van der Waals surface area (Å²) in [5.41, 5.74) is 1.28. The lowest BCUT2D eigenvalue weighted by Gasteiger charge is -2.27. The summed E-state index contributed by atoms with van der Waals surface area (Å²) in [7, 11) is -1.98. The van der Waals surface area contributed by atoms with Crippen LogP contribution in [-0.2, 0) is 21.4 Å². The molecule has 0 bridgehead atoms. The lowest BCUT2D eigenvalue weighted by atomic mass is 10.1. The van der Waals surface area contributed by atoms with Gasteiger partial charge in [0.25, 0.3) is 0 Å². The number of hydrogen-bond acceptors (Lipinski definition) is 4. The molecule has 1 aliphatic heterocycles. The summed E-state index contributed by atoms with van der Waals surface area (Å²) in [6.45, 7) is 2.67. The van der Waals surface area contributed by atoms with Gasteiger partial charge in [-0.1, -0.05) is 12.1 Å².